The summed E-state index contributed by atoms with van der Waals surface area (Å²) in [6.07, 6.45) is 2.91. The molecule has 1 aromatic carbocycles. The van der Waals surface area contributed by atoms with E-state index in [1.807, 2.05) is 41.8 Å². The van der Waals surface area contributed by atoms with Crippen LogP contribution in [0, 0.1) is 0 Å². The second-order valence-electron chi connectivity index (χ2n) is 6.20. The van der Waals surface area contributed by atoms with E-state index in [0.717, 1.165) is 24.9 Å². The monoisotopic (exact) mass is 357 g/mol. The van der Waals surface area contributed by atoms with Gasteiger partial charge >= 0.3 is 6.03 Å². The van der Waals surface area contributed by atoms with Gasteiger partial charge in [-0.3, -0.25) is 4.79 Å². The molecule has 0 unspecified atom stereocenters. The predicted octanol–water partition coefficient (Wildman–Crippen LogP) is 3.49. The predicted molar refractivity (Wildman–Crippen MR) is 101 cm³/mol. The van der Waals surface area contributed by atoms with Gasteiger partial charge in [-0.1, -0.05) is 24.3 Å². The normalized spacial score (nSPS) is 15.0. The van der Waals surface area contributed by atoms with Gasteiger partial charge in [-0.25, -0.2) is 4.79 Å². The van der Waals surface area contributed by atoms with Gasteiger partial charge in [-0.15, -0.1) is 11.3 Å². The van der Waals surface area contributed by atoms with Crippen molar-refractivity contribution in [3.8, 4) is 0 Å². The van der Waals surface area contributed by atoms with Crippen molar-refractivity contribution in [2.75, 3.05) is 18.4 Å². The Hall–Kier alpha value is -2.34. The molecule has 5 nitrogen and oxygen atoms in total. The van der Waals surface area contributed by atoms with Gasteiger partial charge in [0.2, 0.25) is 5.91 Å². The minimum Gasteiger partial charge on any atom is -0.353 e. The fourth-order valence-corrected chi connectivity index (χ4v) is 3.65. The number of aryl methyl sites for hydroxylation is 1. The molecule has 132 valence electrons. The van der Waals surface area contributed by atoms with Crippen LogP contribution in [0.2, 0.25) is 0 Å². The molecule has 2 aromatic rings. The van der Waals surface area contributed by atoms with Crippen LogP contribution in [0.4, 0.5) is 10.5 Å². The van der Waals surface area contributed by atoms with Gasteiger partial charge < -0.3 is 15.5 Å². The van der Waals surface area contributed by atoms with Crippen LogP contribution in [-0.2, 0) is 11.2 Å². The van der Waals surface area contributed by atoms with E-state index in [-0.39, 0.29) is 18.0 Å². The summed E-state index contributed by atoms with van der Waals surface area (Å²) in [6.45, 7) is 1.32. The number of anilines is 1. The second-order valence-corrected chi connectivity index (χ2v) is 7.24. The summed E-state index contributed by atoms with van der Waals surface area (Å²) in [4.78, 5) is 27.4. The number of para-hydroxylation sites is 1. The lowest BCUT2D eigenvalue weighted by Gasteiger charge is -2.32. The highest BCUT2D eigenvalue weighted by molar-refractivity contribution is 7.09. The number of carbonyl (C=O) groups excluding carboxylic acids is 2. The Morgan fingerprint density at radius 1 is 1.08 bits per heavy atom. The summed E-state index contributed by atoms with van der Waals surface area (Å²) >= 11 is 1.68. The van der Waals surface area contributed by atoms with Crippen LogP contribution in [0.3, 0.4) is 0 Å². The zero-order valence-corrected chi connectivity index (χ0v) is 14.9. The van der Waals surface area contributed by atoms with E-state index in [0.29, 0.717) is 19.5 Å². The van der Waals surface area contributed by atoms with Crippen molar-refractivity contribution < 1.29 is 9.59 Å². The molecule has 3 rings (SSSR count). The van der Waals surface area contributed by atoms with Crippen molar-refractivity contribution >= 4 is 29.0 Å². The summed E-state index contributed by atoms with van der Waals surface area (Å²) in [5.74, 6) is 0.0978. The quantitative estimate of drug-likeness (QED) is 0.860. The van der Waals surface area contributed by atoms with Crippen LogP contribution in [0.1, 0.15) is 24.1 Å². The smallest absolute Gasteiger partial charge is 0.321 e. The number of hydrogen-bond donors (Lipinski definition) is 2. The maximum atomic E-state index is 12.3. The Morgan fingerprint density at radius 2 is 1.84 bits per heavy atom. The van der Waals surface area contributed by atoms with Crippen LogP contribution in [0.15, 0.2) is 47.8 Å². The molecule has 0 spiro atoms. The Balaban J connectivity index is 1.38. The molecule has 0 aliphatic carbocycles. The molecule has 0 radical (unpaired) electrons. The Morgan fingerprint density at radius 3 is 2.52 bits per heavy atom. The van der Waals surface area contributed by atoms with Gasteiger partial charge in [0.1, 0.15) is 0 Å². The molecule has 0 bridgehead atoms. The van der Waals surface area contributed by atoms with E-state index in [2.05, 4.69) is 16.7 Å². The van der Waals surface area contributed by atoms with E-state index >= 15 is 0 Å². The highest BCUT2D eigenvalue weighted by atomic mass is 32.1. The standard InChI is InChI=1S/C19H23N3O2S/c23-18(9-8-17-7-4-14-25-17)20-16-10-12-22(13-11-16)19(24)21-15-5-2-1-3-6-15/h1-7,14,16H,8-13H2,(H,20,23)(H,21,24). The number of nitrogens with one attached hydrogen (secondary N) is 2. The van der Waals surface area contributed by atoms with E-state index in [1.165, 1.54) is 4.88 Å². The Labute approximate surface area is 152 Å². The summed E-state index contributed by atoms with van der Waals surface area (Å²) in [7, 11) is 0. The van der Waals surface area contributed by atoms with Crippen LogP contribution >= 0.6 is 11.3 Å². The van der Waals surface area contributed by atoms with E-state index < -0.39 is 0 Å². The van der Waals surface area contributed by atoms with Gasteiger partial charge in [0.25, 0.3) is 0 Å². The molecule has 2 heterocycles. The molecular weight excluding hydrogens is 334 g/mol. The maximum absolute atomic E-state index is 12.3. The zero-order chi connectivity index (χ0) is 17.5. The SMILES string of the molecule is O=C(CCc1cccs1)NC1CCN(C(=O)Nc2ccccc2)CC1. The Kier molecular flexibility index (Phi) is 6.06. The highest BCUT2D eigenvalue weighted by Crippen LogP contribution is 2.14. The molecule has 1 saturated heterocycles. The average molecular weight is 357 g/mol. The molecule has 1 aromatic heterocycles. The van der Waals surface area contributed by atoms with Crippen molar-refractivity contribution in [3.05, 3.63) is 52.7 Å². The number of hydrogen-bond acceptors (Lipinski definition) is 3. The number of nitrogens with zero attached hydrogens (tertiary/aromatic N) is 1. The van der Waals surface area contributed by atoms with Crippen LogP contribution in [-0.4, -0.2) is 36.0 Å². The first kappa shape index (κ1) is 17.5. The number of amides is 3. The summed E-state index contributed by atoms with van der Waals surface area (Å²) in [6, 6.07) is 13.6. The fraction of sp³-hybridized carbons (Fsp3) is 0.368. The number of rotatable bonds is 5. The van der Waals surface area contributed by atoms with Gasteiger partial charge in [0.05, 0.1) is 0 Å². The van der Waals surface area contributed by atoms with Gasteiger partial charge in [0.15, 0.2) is 0 Å². The fourth-order valence-electron chi connectivity index (χ4n) is 2.94. The van der Waals surface area contributed by atoms with Crippen molar-refractivity contribution in [3.63, 3.8) is 0 Å². The first-order valence-electron chi connectivity index (χ1n) is 8.63. The van der Waals surface area contributed by atoms with Crippen LogP contribution in [0.25, 0.3) is 0 Å². The number of urea groups is 1. The number of piperidine rings is 1. The third-order valence-corrected chi connectivity index (χ3v) is 5.29. The van der Waals surface area contributed by atoms with E-state index in [4.69, 9.17) is 0 Å². The van der Waals surface area contributed by atoms with E-state index in [9.17, 15) is 9.59 Å². The lowest BCUT2D eigenvalue weighted by Crippen LogP contribution is -2.47. The third kappa shape index (κ3) is 5.32. The molecule has 3 amide bonds. The number of carbonyl (C=O) groups is 2. The zero-order valence-electron chi connectivity index (χ0n) is 14.1. The summed E-state index contributed by atoms with van der Waals surface area (Å²) in [5, 5.41) is 8.03. The number of likely N-dealkylation sites (tertiary alicyclic amines) is 1. The molecule has 0 atom stereocenters. The maximum Gasteiger partial charge on any atom is 0.321 e. The lowest BCUT2D eigenvalue weighted by molar-refractivity contribution is -0.122. The molecule has 1 aliphatic heterocycles. The topological polar surface area (TPSA) is 61.4 Å². The minimum absolute atomic E-state index is 0.0753. The number of benzene rings is 1. The molecule has 6 heteroatoms. The number of thiophene rings is 1. The average Bonchev–Trinajstić information content (AvgIpc) is 3.15. The van der Waals surface area contributed by atoms with Crippen molar-refractivity contribution in [1.82, 2.24) is 10.2 Å². The summed E-state index contributed by atoms with van der Waals surface area (Å²) in [5.41, 5.74) is 0.802. The molecule has 25 heavy (non-hydrogen) atoms. The van der Waals surface area contributed by atoms with Crippen molar-refractivity contribution in [2.45, 2.75) is 31.7 Å². The minimum atomic E-state index is -0.0753. The first-order valence-corrected chi connectivity index (χ1v) is 9.51. The third-order valence-electron chi connectivity index (χ3n) is 4.35. The van der Waals surface area contributed by atoms with Gasteiger partial charge in [-0.2, -0.15) is 0 Å². The van der Waals surface area contributed by atoms with E-state index in [1.54, 1.807) is 16.2 Å². The molecular formula is C19H23N3O2S. The molecule has 0 saturated carbocycles. The lowest BCUT2D eigenvalue weighted by atomic mass is 10.0. The van der Waals surface area contributed by atoms with Crippen molar-refractivity contribution in [1.29, 1.82) is 0 Å². The van der Waals surface area contributed by atoms with Crippen molar-refractivity contribution in [2.24, 2.45) is 0 Å². The van der Waals surface area contributed by atoms with Crippen LogP contribution < -0.4 is 10.6 Å². The van der Waals surface area contributed by atoms with Crippen LogP contribution in [0.5, 0.6) is 0 Å². The second kappa shape index (κ2) is 8.67. The first-order chi connectivity index (χ1) is 12.2. The highest BCUT2D eigenvalue weighted by Gasteiger charge is 2.23. The van der Waals surface area contributed by atoms with Gasteiger partial charge in [0, 0.05) is 36.1 Å². The largest absolute Gasteiger partial charge is 0.353 e. The Bertz CT molecular complexity index is 680. The summed E-state index contributed by atoms with van der Waals surface area (Å²) < 4.78 is 0. The molecule has 1 aliphatic rings. The molecule has 2 N–H and O–H groups in total. The molecule has 1 fully saturated rings. The van der Waals surface area contributed by atoms with Gasteiger partial charge in [-0.05, 0) is 42.8 Å².